The van der Waals surface area contributed by atoms with Crippen molar-refractivity contribution in [2.45, 2.75) is 0 Å². The monoisotopic (exact) mass is 704 g/mol. The molecule has 0 aliphatic carbocycles. The van der Waals surface area contributed by atoms with Gasteiger partial charge in [-0.15, -0.1) is 0 Å². The van der Waals surface area contributed by atoms with Crippen LogP contribution in [0.3, 0.4) is 0 Å². The predicted molar refractivity (Wildman–Crippen MR) is 227 cm³/mol. The van der Waals surface area contributed by atoms with Gasteiger partial charge in [0, 0.05) is 45.0 Å². The maximum Gasteiger partial charge on any atom is 0.227 e. The molecule has 0 atom stereocenters. The Kier molecular flexibility index (Phi) is 7.14. The molecule has 2 aromatic heterocycles. The summed E-state index contributed by atoms with van der Waals surface area (Å²) in [5.41, 5.74) is 11.9. The maximum absolute atomic E-state index is 6.58. The molecule has 4 heteroatoms. The van der Waals surface area contributed by atoms with Crippen molar-refractivity contribution in [3.63, 3.8) is 0 Å². The number of aromatic nitrogens is 1. The fourth-order valence-corrected chi connectivity index (χ4v) is 8.05. The van der Waals surface area contributed by atoms with Crippen molar-refractivity contribution in [1.82, 2.24) is 4.98 Å². The molecule has 11 aromatic rings. The van der Waals surface area contributed by atoms with Gasteiger partial charge >= 0.3 is 0 Å². The summed E-state index contributed by atoms with van der Waals surface area (Å²) in [5.74, 6) is 0.604. The number of fused-ring (bicyclic) bond motifs is 7. The topological polar surface area (TPSA) is 42.4 Å². The standard InChI is InChI=1S/C51H32N2O2/c1-3-12-35(13-4-1)51-52-47-31-46-44-21-11-20-41(50(44)54-48(46)32-49(47)55-51)33-22-26-38(27-23-33)53(37-15-5-2-6-16-37)39-28-24-34(25-29-39)45-30-36-14-7-8-17-40(36)42-18-9-10-19-43(42)45/h1-32H. The zero-order chi connectivity index (χ0) is 36.3. The Bertz CT molecular complexity index is 3180. The van der Waals surface area contributed by atoms with Gasteiger partial charge in [-0.1, -0.05) is 127 Å². The van der Waals surface area contributed by atoms with E-state index in [0.717, 1.165) is 61.2 Å². The van der Waals surface area contributed by atoms with Crippen molar-refractivity contribution in [3.8, 4) is 33.7 Å². The average molecular weight is 705 g/mol. The second-order valence-electron chi connectivity index (χ2n) is 13.9. The minimum Gasteiger partial charge on any atom is -0.455 e. The predicted octanol–water partition coefficient (Wildman–Crippen LogP) is 14.5. The molecule has 0 unspecified atom stereocenters. The summed E-state index contributed by atoms with van der Waals surface area (Å²) < 4.78 is 12.7. The molecule has 9 aromatic carbocycles. The van der Waals surface area contributed by atoms with Crippen LogP contribution in [-0.4, -0.2) is 4.98 Å². The largest absolute Gasteiger partial charge is 0.455 e. The van der Waals surface area contributed by atoms with Crippen LogP contribution in [-0.2, 0) is 0 Å². The Labute approximate surface area is 317 Å². The van der Waals surface area contributed by atoms with E-state index in [-0.39, 0.29) is 0 Å². The van der Waals surface area contributed by atoms with Crippen LogP contribution < -0.4 is 4.90 Å². The lowest BCUT2D eigenvalue weighted by Gasteiger charge is -2.26. The first kappa shape index (κ1) is 31.1. The lowest BCUT2D eigenvalue weighted by Crippen LogP contribution is -2.09. The lowest BCUT2D eigenvalue weighted by atomic mass is 9.93. The minimum atomic E-state index is 0.604. The SMILES string of the molecule is c1ccc(-c2nc3cc4c(cc3o2)oc2c(-c3ccc(N(c5ccccc5)c5ccc(-c6cc7ccccc7c7ccccc67)cc5)cc3)cccc24)cc1. The summed E-state index contributed by atoms with van der Waals surface area (Å²) in [5, 5.41) is 7.12. The zero-order valence-corrected chi connectivity index (χ0v) is 29.7. The Morgan fingerprint density at radius 1 is 0.364 bits per heavy atom. The highest BCUT2D eigenvalue weighted by atomic mass is 16.4. The zero-order valence-electron chi connectivity index (χ0n) is 29.7. The second kappa shape index (κ2) is 12.6. The quantitative estimate of drug-likeness (QED) is 0.162. The lowest BCUT2D eigenvalue weighted by molar-refractivity contribution is 0.617. The molecule has 0 aliphatic heterocycles. The van der Waals surface area contributed by atoms with Crippen molar-refractivity contribution in [2.75, 3.05) is 4.90 Å². The first-order chi connectivity index (χ1) is 27.2. The molecule has 258 valence electrons. The third-order valence-corrected chi connectivity index (χ3v) is 10.7. The molecular weight excluding hydrogens is 673 g/mol. The highest BCUT2D eigenvalue weighted by molar-refractivity contribution is 6.14. The molecule has 0 radical (unpaired) electrons. The maximum atomic E-state index is 6.58. The molecule has 0 bridgehead atoms. The van der Waals surface area contributed by atoms with Gasteiger partial charge in [0.25, 0.3) is 0 Å². The smallest absolute Gasteiger partial charge is 0.227 e. The molecule has 0 spiro atoms. The average Bonchev–Trinajstić information content (AvgIpc) is 3.85. The molecule has 4 nitrogen and oxygen atoms in total. The highest BCUT2D eigenvalue weighted by Gasteiger charge is 2.18. The summed E-state index contributed by atoms with van der Waals surface area (Å²) in [6.45, 7) is 0. The van der Waals surface area contributed by atoms with Crippen molar-refractivity contribution < 1.29 is 8.83 Å². The van der Waals surface area contributed by atoms with Crippen LogP contribution in [0.2, 0.25) is 0 Å². The van der Waals surface area contributed by atoms with E-state index < -0.39 is 0 Å². The molecule has 0 aliphatic rings. The van der Waals surface area contributed by atoms with E-state index in [1.54, 1.807) is 0 Å². The van der Waals surface area contributed by atoms with Crippen molar-refractivity contribution in [2.24, 2.45) is 0 Å². The number of benzene rings is 9. The summed E-state index contributed by atoms with van der Waals surface area (Å²) in [6.07, 6.45) is 0. The summed E-state index contributed by atoms with van der Waals surface area (Å²) >= 11 is 0. The van der Waals surface area contributed by atoms with Gasteiger partial charge < -0.3 is 13.7 Å². The Morgan fingerprint density at radius 3 is 1.71 bits per heavy atom. The van der Waals surface area contributed by atoms with Crippen LogP contribution in [0.25, 0.3) is 88.3 Å². The molecule has 11 rings (SSSR count). The molecular formula is C51H32N2O2. The Balaban J connectivity index is 0.959. The van der Waals surface area contributed by atoms with E-state index in [1.165, 1.54) is 32.7 Å². The number of hydrogen-bond acceptors (Lipinski definition) is 4. The molecule has 0 fully saturated rings. The van der Waals surface area contributed by atoms with Gasteiger partial charge in [0.2, 0.25) is 5.89 Å². The normalized spacial score (nSPS) is 11.6. The Morgan fingerprint density at radius 2 is 0.964 bits per heavy atom. The third kappa shape index (κ3) is 5.26. The van der Waals surface area contributed by atoms with E-state index >= 15 is 0 Å². The number of oxazole rings is 1. The number of nitrogens with zero attached hydrogens (tertiary/aromatic N) is 2. The second-order valence-corrected chi connectivity index (χ2v) is 13.9. The van der Waals surface area contributed by atoms with Crippen molar-refractivity contribution in [3.05, 3.63) is 194 Å². The van der Waals surface area contributed by atoms with Gasteiger partial charge in [-0.3, -0.25) is 0 Å². The van der Waals surface area contributed by atoms with E-state index in [0.29, 0.717) is 11.5 Å². The highest BCUT2D eigenvalue weighted by Crippen LogP contribution is 2.41. The van der Waals surface area contributed by atoms with Gasteiger partial charge in [0.1, 0.15) is 16.7 Å². The van der Waals surface area contributed by atoms with Crippen LogP contribution in [0.4, 0.5) is 17.1 Å². The van der Waals surface area contributed by atoms with Gasteiger partial charge in [-0.05, 0) is 98.9 Å². The van der Waals surface area contributed by atoms with E-state index in [1.807, 2.05) is 36.4 Å². The van der Waals surface area contributed by atoms with E-state index in [4.69, 9.17) is 13.8 Å². The van der Waals surface area contributed by atoms with Crippen molar-refractivity contribution in [1.29, 1.82) is 0 Å². The fraction of sp³-hybridized carbons (Fsp3) is 0. The van der Waals surface area contributed by atoms with E-state index in [9.17, 15) is 0 Å². The minimum absolute atomic E-state index is 0.604. The summed E-state index contributed by atoms with van der Waals surface area (Å²) in [7, 11) is 0. The van der Waals surface area contributed by atoms with E-state index in [2.05, 4.69) is 163 Å². The van der Waals surface area contributed by atoms with Gasteiger partial charge in [0.05, 0.1) is 0 Å². The number of hydrogen-bond donors (Lipinski definition) is 0. The number of furan rings is 1. The first-order valence-electron chi connectivity index (χ1n) is 18.5. The first-order valence-corrected chi connectivity index (χ1v) is 18.5. The summed E-state index contributed by atoms with van der Waals surface area (Å²) in [6, 6.07) is 68.2. The number of anilines is 3. The molecule has 0 N–H and O–H groups in total. The third-order valence-electron chi connectivity index (χ3n) is 10.7. The molecule has 0 saturated carbocycles. The van der Waals surface area contributed by atoms with Crippen LogP contribution in [0.1, 0.15) is 0 Å². The molecule has 0 amide bonds. The molecule has 0 saturated heterocycles. The van der Waals surface area contributed by atoms with Crippen LogP contribution in [0.5, 0.6) is 0 Å². The van der Waals surface area contributed by atoms with Gasteiger partial charge in [-0.25, -0.2) is 4.98 Å². The van der Waals surface area contributed by atoms with Crippen molar-refractivity contribution >= 4 is 71.6 Å². The number of rotatable bonds is 6. The summed E-state index contributed by atoms with van der Waals surface area (Å²) in [4.78, 5) is 7.11. The van der Waals surface area contributed by atoms with Crippen LogP contribution >= 0.6 is 0 Å². The van der Waals surface area contributed by atoms with Gasteiger partial charge in [-0.2, -0.15) is 0 Å². The van der Waals surface area contributed by atoms with Crippen LogP contribution in [0.15, 0.2) is 203 Å². The fourth-order valence-electron chi connectivity index (χ4n) is 8.05. The molecule has 2 heterocycles. The van der Waals surface area contributed by atoms with Crippen LogP contribution in [0, 0.1) is 0 Å². The number of para-hydroxylation sites is 2. The Hall–Kier alpha value is -7.43. The molecule has 55 heavy (non-hydrogen) atoms. The van der Waals surface area contributed by atoms with Gasteiger partial charge in [0.15, 0.2) is 5.58 Å².